The molecule has 0 aliphatic heterocycles. The average Bonchev–Trinajstić information content (AvgIpc) is 2.29. The van der Waals surface area contributed by atoms with Crippen molar-refractivity contribution in [3.05, 3.63) is 29.3 Å². The monoisotopic (exact) mass is 223 g/mol. The summed E-state index contributed by atoms with van der Waals surface area (Å²) in [4.78, 5) is 0. The molecule has 0 amide bonds. The molecule has 1 unspecified atom stereocenters. The van der Waals surface area contributed by atoms with Gasteiger partial charge < -0.3 is 15.2 Å². The Labute approximate surface area is 97.4 Å². The largest absolute Gasteiger partial charge is 0.496 e. The first-order valence-electron chi connectivity index (χ1n) is 5.72. The number of benzene rings is 1. The Morgan fingerprint density at radius 1 is 1.44 bits per heavy atom. The van der Waals surface area contributed by atoms with Gasteiger partial charge in [-0.1, -0.05) is 18.6 Å². The maximum absolute atomic E-state index is 10.0. The van der Waals surface area contributed by atoms with Gasteiger partial charge in [0.2, 0.25) is 0 Å². The molecule has 0 aromatic heterocycles. The third kappa shape index (κ3) is 3.51. The lowest BCUT2D eigenvalue weighted by atomic mass is 10.1. The SMILES string of the molecule is CCCNCC(O)c1cc(C)ccc1OC. The molecule has 2 N–H and O–H groups in total. The summed E-state index contributed by atoms with van der Waals surface area (Å²) in [5, 5.41) is 13.2. The van der Waals surface area contributed by atoms with Gasteiger partial charge in [-0.2, -0.15) is 0 Å². The lowest BCUT2D eigenvalue weighted by Crippen LogP contribution is -2.22. The second-order valence-corrected chi connectivity index (χ2v) is 3.97. The fraction of sp³-hybridized carbons (Fsp3) is 0.538. The van der Waals surface area contributed by atoms with Crippen molar-refractivity contribution in [3.63, 3.8) is 0 Å². The molecule has 1 rings (SSSR count). The minimum Gasteiger partial charge on any atom is -0.496 e. The van der Waals surface area contributed by atoms with Crippen LogP contribution in [-0.2, 0) is 0 Å². The summed E-state index contributed by atoms with van der Waals surface area (Å²) in [6.45, 7) is 5.60. The summed E-state index contributed by atoms with van der Waals surface area (Å²) in [6.07, 6.45) is 0.555. The Hall–Kier alpha value is -1.06. The maximum Gasteiger partial charge on any atom is 0.124 e. The van der Waals surface area contributed by atoms with Gasteiger partial charge >= 0.3 is 0 Å². The Balaban J connectivity index is 2.72. The molecule has 0 fully saturated rings. The number of aryl methyl sites for hydroxylation is 1. The fourth-order valence-corrected chi connectivity index (χ4v) is 1.64. The van der Waals surface area contributed by atoms with Crippen LogP contribution in [0.5, 0.6) is 5.75 Å². The average molecular weight is 223 g/mol. The van der Waals surface area contributed by atoms with E-state index in [4.69, 9.17) is 4.74 Å². The molecule has 0 saturated heterocycles. The minimum atomic E-state index is -0.513. The van der Waals surface area contributed by atoms with Crippen molar-refractivity contribution in [1.29, 1.82) is 0 Å². The lowest BCUT2D eigenvalue weighted by Gasteiger charge is -2.16. The van der Waals surface area contributed by atoms with Crippen molar-refractivity contribution in [2.75, 3.05) is 20.2 Å². The molecule has 1 atom stereocenters. The summed E-state index contributed by atoms with van der Waals surface area (Å²) in [5.74, 6) is 0.747. The van der Waals surface area contributed by atoms with E-state index >= 15 is 0 Å². The van der Waals surface area contributed by atoms with Gasteiger partial charge in [-0.3, -0.25) is 0 Å². The molecule has 3 nitrogen and oxygen atoms in total. The van der Waals surface area contributed by atoms with E-state index in [9.17, 15) is 5.11 Å². The summed E-state index contributed by atoms with van der Waals surface area (Å²) in [7, 11) is 1.63. The van der Waals surface area contributed by atoms with Gasteiger partial charge in [-0.25, -0.2) is 0 Å². The highest BCUT2D eigenvalue weighted by atomic mass is 16.5. The standard InChI is InChI=1S/C13H21NO2/c1-4-7-14-9-12(15)11-8-10(2)5-6-13(11)16-3/h5-6,8,12,14-15H,4,7,9H2,1-3H3. The molecule has 0 aliphatic carbocycles. The van der Waals surface area contributed by atoms with Gasteiger partial charge in [-0.15, -0.1) is 0 Å². The highest BCUT2D eigenvalue weighted by Crippen LogP contribution is 2.25. The van der Waals surface area contributed by atoms with Crippen LogP contribution < -0.4 is 10.1 Å². The van der Waals surface area contributed by atoms with Gasteiger partial charge in [0.1, 0.15) is 5.75 Å². The third-order valence-electron chi connectivity index (χ3n) is 2.51. The predicted molar refractivity (Wildman–Crippen MR) is 65.9 cm³/mol. The molecule has 16 heavy (non-hydrogen) atoms. The second kappa shape index (κ2) is 6.51. The van der Waals surface area contributed by atoms with E-state index in [2.05, 4.69) is 12.2 Å². The zero-order valence-electron chi connectivity index (χ0n) is 10.3. The number of aliphatic hydroxyl groups is 1. The Bertz CT molecular complexity index is 326. The summed E-state index contributed by atoms with van der Waals surface area (Å²) in [6, 6.07) is 5.85. The van der Waals surface area contributed by atoms with Crippen LogP contribution in [0.25, 0.3) is 0 Å². The summed E-state index contributed by atoms with van der Waals surface area (Å²) >= 11 is 0. The Kier molecular flexibility index (Phi) is 5.29. The molecule has 1 aromatic carbocycles. The van der Waals surface area contributed by atoms with Crippen LogP contribution in [0, 0.1) is 6.92 Å². The number of hydrogen-bond donors (Lipinski definition) is 2. The molecule has 90 valence electrons. The molecular weight excluding hydrogens is 202 g/mol. The highest BCUT2D eigenvalue weighted by molar-refractivity contribution is 5.38. The molecular formula is C13H21NO2. The van der Waals surface area contributed by atoms with Gasteiger partial charge in [0.15, 0.2) is 0 Å². The smallest absolute Gasteiger partial charge is 0.124 e. The first kappa shape index (κ1) is 13.0. The maximum atomic E-state index is 10.0. The van der Waals surface area contributed by atoms with Crippen molar-refractivity contribution in [2.24, 2.45) is 0 Å². The molecule has 0 spiro atoms. The van der Waals surface area contributed by atoms with Crippen LogP contribution in [-0.4, -0.2) is 25.3 Å². The summed E-state index contributed by atoms with van der Waals surface area (Å²) < 4.78 is 5.24. The van der Waals surface area contributed by atoms with E-state index in [-0.39, 0.29) is 0 Å². The van der Waals surface area contributed by atoms with E-state index in [1.807, 2.05) is 25.1 Å². The lowest BCUT2D eigenvalue weighted by molar-refractivity contribution is 0.170. The van der Waals surface area contributed by atoms with Gasteiger partial charge in [0, 0.05) is 12.1 Å². The number of hydrogen-bond acceptors (Lipinski definition) is 3. The van der Waals surface area contributed by atoms with Crippen molar-refractivity contribution in [3.8, 4) is 5.75 Å². The van der Waals surface area contributed by atoms with E-state index in [0.717, 1.165) is 29.8 Å². The van der Waals surface area contributed by atoms with E-state index in [0.29, 0.717) is 6.54 Å². The van der Waals surface area contributed by atoms with Crippen LogP contribution >= 0.6 is 0 Å². The second-order valence-electron chi connectivity index (χ2n) is 3.97. The molecule has 0 heterocycles. The molecule has 1 aromatic rings. The molecule has 0 bridgehead atoms. The zero-order chi connectivity index (χ0) is 12.0. The van der Waals surface area contributed by atoms with Gasteiger partial charge in [0.25, 0.3) is 0 Å². The van der Waals surface area contributed by atoms with Crippen molar-refractivity contribution in [1.82, 2.24) is 5.32 Å². The van der Waals surface area contributed by atoms with Crippen molar-refractivity contribution >= 4 is 0 Å². The normalized spacial score (nSPS) is 12.5. The minimum absolute atomic E-state index is 0.513. The predicted octanol–water partition coefficient (Wildman–Crippen LogP) is 2.04. The third-order valence-corrected chi connectivity index (χ3v) is 2.51. The molecule has 3 heteroatoms. The first-order chi connectivity index (χ1) is 7.69. The van der Waals surface area contributed by atoms with Gasteiger partial charge in [-0.05, 0) is 32.0 Å². The summed E-state index contributed by atoms with van der Waals surface area (Å²) in [5.41, 5.74) is 1.98. The van der Waals surface area contributed by atoms with E-state index < -0.39 is 6.10 Å². The van der Waals surface area contributed by atoms with Crippen LogP contribution in [0.1, 0.15) is 30.6 Å². The van der Waals surface area contributed by atoms with Crippen molar-refractivity contribution < 1.29 is 9.84 Å². The van der Waals surface area contributed by atoms with Crippen LogP contribution in [0.2, 0.25) is 0 Å². The van der Waals surface area contributed by atoms with Crippen LogP contribution in [0.3, 0.4) is 0 Å². The number of nitrogens with one attached hydrogen (secondary N) is 1. The Morgan fingerprint density at radius 2 is 2.19 bits per heavy atom. The number of aliphatic hydroxyl groups excluding tert-OH is 1. The molecule has 0 saturated carbocycles. The van der Waals surface area contributed by atoms with E-state index in [1.54, 1.807) is 7.11 Å². The van der Waals surface area contributed by atoms with E-state index in [1.165, 1.54) is 0 Å². The quantitative estimate of drug-likeness (QED) is 0.725. The van der Waals surface area contributed by atoms with Crippen molar-refractivity contribution in [2.45, 2.75) is 26.4 Å². The van der Waals surface area contributed by atoms with Gasteiger partial charge in [0.05, 0.1) is 13.2 Å². The zero-order valence-corrected chi connectivity index (χ0v) is 10.3. The van der Waals surface area contributed by atoms with Crippen LogP contribution in [0.4, 0.5) is 0 Å². The molecule has 0 radical (unpaired) electrons. The first-order valence-corrected chi connectivity index (χ1v) is 5.72. The topological polar surface area (TPSA) is 41.5 Å². The number of methoxy groups -OCH3 is 1. The number of ether oxygens (including phenoxy) is 1. The fourth-order valence-electron chi connectivity index (χ4n) is 1.64. The molecule has 0 aliphatic rings. The van der Waals surface area contributed by atoms with Crippen LogP contribution in [0.15, 0.2) is 18.2 Å². The Morgan fingerprint density at radius 3 is 2.81 bits per heavy atom. The highest BCUT2D eigenvalue weighted by Gasteiger charge is 2.12. The number of rotatable bonds is 6.